The smallest absolute Gasteiger partial charge is 0.123 e. The summed E-state index contributed by atoms with van der Waals surface area (Å²) in [4.78, 5) is 0. The fourth-order valence-corrected chi connectivity index (χ4v) is 2.18. The van der Waals surface area contributed by atoms with E-state index in [1.165, 1.54) is 12.1 Å². The van der Waals surface area contributed by atoms with E-state index in [1.807, 2.05) is 30.3 Å². The van der Waals surface area contributed by atoms with Gasteiger partial charge in [0.25, 0.3) is 0 Å². The monoisotopic (exact) mass is 273 g/mol. The maximum Gasteiger partial charge on any atom is 0.123 e. The number of benzene rings is 2. The van der Waals surface area contributed by atoms with Gasteiger partial charge in [0.1, 0.15) is 11.6 Å². The Bertz CT molecular complexity index is 539. The average molecular weight is 273 g/mol. The molecule has 0 amide bonds. The second kappa shape index (κ2) is 7.06. The zero-order valence-corrected chi connectivity index (χ0v) is 11.9. The molecule has 0 bridgehead atoms. The number of methoxy groups -OCH3 is 1. The highest BCUT2D eigenvalue weighted by Gasteiger charge is 2.06. The van der Waals surface area contributed by atoms with Crippen LogP contribution < -0.4 is 10.1 Å². The summed E-state index contributed by atoms with van der Waals surface area (Å²) in [6.45, 7) is 2.88. The number of nitrogens with one attached hydrogen (secondary N) is 1. The van der Waals surface area contributed by atoms with E-state index in [-0.39, 0.29) is 5.82 Å². The Morgan fingerprint density at radius 3 is 2.50 bits per heavy atom. The number of rotatable bonds is 6. The van der Waals surface area contributed by atoms with Crippen molar-refractivity contribution in [2.45, 2.75) is 25.9 Å². The third-order valence-electron chi connectivity index (χ3n) is 3.29. The first kappa shape index (κ1) is 14.5. The van der Waals surface area contributed by atoms with Crippen molar-refractivity contribution in [3.05, 3.63) is 65.5 Å². The van der Waals surface area contributed by atoms with Crippen LogP contribution in [0.15, 0.2) is 48.5 Å². The summed E-state index contributed by atoms with van der Waals surface area (Å²) < 4.78 is 18.2. The molecule has 0 aromatic heterocycles. The lowest BCUT2D eigenvalue weighted by Crippen LogP contribution is -2.27. The first-order valence-electron chi connectivity index (χ1n) is 6.79. The van der Waals surface area contributed by atoms with Crippen LogP contribution in [0.3, 0.4) is 0 Å². The molecule has 2 nitrogen and oxygen atoms in total. The fraction of sp³-hybridized carbons (Fsp3) is 0.294. The molecule has 1 atom stereocenters. The quantitative estimate of drug-likeness (QED) is 0.869. The van der Waals surface area contributed by atoms with Gasteiger partial charge in [0, 0.05) is 18.2 Å². The minimum absolute atomic E-state index is 0.191. The van der Waals surface area contributed by atoms with E-state index >= 15 is 0 Å². The van der Waals surface area contributed by atoms with Gasteiger partial charge < -0.3 is 10.1 Å². The maximum atomic E-state index is 12.8. The molecule has 0 aliphatic rings. The number of ether oxygens (including phenoxy) is 1. The molecule has 3 heteroatoms. The summed E-state index contributed by atoms with van der Waals surface area (Å²) in [6.07, 6.45) is 0.870. The van der Waals surface area contributed by atoms with Crippen molar-refractivity contribution in [1.29, 1.82) is 0 Å². The summed E-state index contributed by atoms with van der Waals surface area (Å²) in [5, 5.41) is 3.46. The highest BCUT2D eigenvalue weighted by Crippen LogP contribution is 2.17. The molecule has 106 valence electrons. The van der Waals surface area contributed by atoms with Crippen molar-refractivity contribution in [3.63, 3.8) is 0 Å². The van der Waals surface area contributed by atoms with Crippen LogP contribution in [-0.4, -0.2) is 13.2 Å². The predicted octanol–water partition coefficient (Wildman–Crippen LogP) is 3.56. The second-order valence-electron chi connectivity index (χ2n) is 4.92. The van der Waals surface area contributed by atoms with Crippen LogP contribution in [0.4, 0.5) is 4.39 Å². The van der Waals surface area contributed by atoms with Crippen molar-refractivity contribution in [2.24, 2.45) is 0 Å². The normalized spacial score (nSPS) is 12.2. The zero-order chi connectivity index (χ0) is 14.4. The van der Waals surface area contributed by atoms with E-state index in [1.54, 1.807) is 7.11 Å². The molecule has 0 saturated carbocycles. The second-order valence-corrected chi connectivity index (χ2v) is 4.92. The Hall–Kier alpha value is -1.87. The van der Waals surface area contributed by atoms with Crippen LogP contribution in [0.1, 0.15) is 18.1 Å². The number of hydrogen-bond acceptors (Lipinski definition) is 2. The van der Waals surface area contributed by atoms with Gasteiger partial charge >= 0.3 is 0 Å². The number of halogens is 1. The van der Waals surface area contributed by atoms with Gasteiger partial charge in [-0.15, -0.1) is 0 Å². The molecule has 1 unspecified atom stereocenters. The maximum absolute atomic E-state index is 12.8. The van der Waals surface area contributed by atoms with E-state index < -0.39 is 0 Å². The van der Waals surface area contributed by atoms with Crippen LogP contribution in [0.25, 0.3) is 0 Å². The highest BCUT2D eigenvalue weighted by atomic mass is 19.1. The molecule has 0 saturated heterocycles. The van der Waals surface area contributed by atoms with Crippen molar-refractivity contribution in [1.82, 2.24) is 5.32 Å². The lowest BCUT2D eigenvalue weighted by atomic mass is 10.1. The third kappa shape index (κ3) is 4.07. The molecule has 0 heterocycles. The van der Waals surface area contributed by atoms with Gasteiger partial charge in [0.2, 0.25) is 0 Å². The van der Waals surface area contributed by atoms with E-state index in [0.717, 1.165) is 29.8 Å². The summed E-state index contributed by atoms with van der Waals surface area (Å²) in [5.41, 5.74) is 2.27. The minimum Gasteiger partial charge on any atom is -0.496 e. The van der Waals surface area contributed by atoms with Crippen molar-refractivity contribution in [2.75, 3.05) is 7.11 Å². The van der Waals surface area contributed by atoms with Gasteiger partial charge in [0.05, 0.1) is 7.11 Å². The van der Waals surface area contributed by atoms with Gasteiger partial charge in [-0.25, -0.2) is 4.39 Å². The average Bonchev–Trinajstić information content (AvgIpc) is 2.48. The van der Waals surface area contributed by atoms with Gasteiger partial charge in [0.15, 0.2) is 0 Å². The lowest BCUT2D eigenvalue weighted by molar-refractivity contribution is 0.405. The number of para-hydroxylation sites is 1. The van der Waals surface area contributed by atoms with Crippen molar-refractivity contribution in [3.8, 4) is 5.75 Å². The van der Waals surface area contributed by atoms with E-state index in [0.29, 0.717) is 6.04 Å². The lowest BCUT2D eigenvalue weighted by Gasteiger charge is -2.15. The van der Waals surface area contributed by atoms with E-state index in [4.69, 9.17) is 4.74 Å². The zero-order valence-electron chi connectivity index (χ0n) is 11.9. The molecule has 2 aromatic carbocycles. The van der Waals surface area contributed by atoms with Gasteiger partial charge in [-0.1, -0.05) is 30.3 Å². The van der Waals surface area contributed by atoms with Gasteiger partial charge in [-0.05, 0) is 37.1 Å². The van der Waals surface area contributed by atoms with Crippen molar-refractivity contribution < 1.29 is 9.13 Å². The summed E-state index contributed by atoms with van der Waals surface area (Å²) in [5.74, 6) is 0.706. The van der Waals surface area contributed by atoms with Crippen LogP contribution in [-0.2, 0) is 13.0 Å². The first-order valence-corrected chi connectivity index (χ1v) is 6.79. The van der Waals surface area contributed by atoms with E-state index in [2.05, 4.69) is 18.3 Å². The molecule has 2 aromatic rings. The summed E-state index contributed by atoms with van der Waals surface area (Å²) in [7, 11) is 1.68. The summed E-state index contributed by atoms with van der Waals surface area (Å²) in [6, 6.07) is 15.0. The van der Waals surface area contributed by atoms with Crippen molar-refractivity contribution >= 4 is 0 Å². The Morgan fingerprint density at radius 2 is 1.80 bits per heavy atom. The van der Waals surface area contributed by atoms with Crippen LogP contribution in [0.5, 0.6) is 5.75 Å². The molecule has 2 rings (SSSR count). The molecule has 0 fully saturated rings. The Kier molecular flexibility index (Phi) is 5.13. The molecule has 20 heavy (non-hydrogen) atoms. The van der Waals surface area contributed by atoms with E-state index in [9.17, 15) is 4.39 Å². The molecule has 0 aliphatic carbocycles. The Labute approximate surface area is 119 Å². The largest absolute Gasteiger partial charge is 0.496 e. The molecule has 0 aliphatic heterocycles. The summed E-state index contributed by atoms with van der Waals surface area (Å²) >= 11 is 0. The first-order chi connectivity index (χ1) is 9.69. The SMILES string of the molecule is COc1ccccc1CNC(C)Cc1ccc(F)cc1. The van der Waals surface area contributed by atoms with Crippen LogP contribution in [0, 0.1) is 5.82 Å². The Balaban J connectivity index is 1.88. The molecule has 1 N–H and O–H groups in total. The minimum atomic E-state index is -0.191. The number of hydrogen-bond donors (Lipinski definition) is 1. The molecular weight excluding hydrogens is 253 g/mol. The van der Waals surface area contributed by atoms with Gasteiger partial charge in [-0.2, -0.15) is 0 Å². The standard InChI is InChI=1S/C17H20FNO/c1-13(11-14-7-9-16(18)10-8-14)19-12-15-5-3-4-6-17(15)20-2/h3-10,13,19H,11-12H2,1-2H3. The molecule has 0 spiro atoms. The predicted molar refractivity (Wildman–Crippen MR) is 79.4 cm³/mol. The van der Waals surface area contributed by atoms with Crippen LogP contribution in [0.2, 0.25) is 0 Å². The molecule has 0 radical (unpaired) electrons. The molecular formula is C17H20FNO. The van der Waals surface area contributed by atoms with Crippen LogP contribution >= 0.6 is 0 Å². The third-order valence-corrected chi connectivity index (χ3v) is 3.29. The topological polar surface area (TPSA) is 21.3 Å². The Morgan fingerprint density at radius 1 is 1.10 bits per heavy atom. The van der Waals surface area contributed by atoms with Gasteiger partial charge in [-0.3, -0.25) is 0 Å². The highest BCUT2D eigenvalue weighted by molar-refractivity contribution is 5.33. The fourth-order valence-electron chi connectivity index (χ4n) is 2.18.